The number of hydrogen-bond acceptors (Lipinski definition) is 1. The van der Waals surface area contributed by atoms with E-state index in [-0.39, 0.29) is 11.9 Å². The van der Waals surface area contributed by atoms with Crippen molar-refractivity contribution in [3.63, 3.8) is 0 Å². The van der Waals surface area contributed by atoms with Crippen molar-refractivity contribution in [2.24, 2.45) is 11.7 Å². The summed E-state index contributed by atoms with van der Waals surface area (Å²) in [5.41, 5.74) is 6.58. The van der Waals surface area contributed by atoms with Gasteiger partial charge in [0.1, 0.15) is 5.82 Å². The number of halogens is 2. The molecule has 0 radical (unpaired) electrons. The van der Waals surface area contributed by atoms with Gasteiger partial charge in [-0.2, -0.15) is 0 Å². The van der Waals surface area contributed by atoms with Gasteiger partial charge in [0.2, 0.25) is 0 Å². The third kappa shape index (κ3) is 3.58. The van der Waals surface area contributed by atoms with Crippen molar-refractivity contribution in [2.45, 2.75) is 32.7 Å². The fraction of sp³-hybridized carbons (Fsp3) is 0.500. The predicted molar refractivity (Wildman–Crippen MR) is 65.1 cm³/mol. The lowest BCUT2D eigenvalue weighted by molar-refractivity contribution is 0.449. The van der Waals surface area contributed by atoms with E-state index in [0.29, 0.717) is 11.5 Å². The van der Waals surface area contributed by atoms with Crippen molar-refractivity contribution in [1.82, 2.24) is 0 Å². The van der Waals surface area contributed by atoms with E-state index in [1.54, 1.807) is 12.1 Å². The molecule has 0 bridgehead atoms. The summed E-state index contributed by atoms with van der Waals surface area (Å²) in [6.45, 7) is 4.25. The van der Waals surface area contributed by atoms with Crippen molar-refractivity contribution in [1.29, 1.82) is 0 Å². The van der Waals surface area contributed by atoms with Gasteiger partial charge in [-0.15, -0.1) is 0 Å². The lowest BCUT2D eigenvalue weighted by Gasteiger charge is -2.17. The number of rotatable bonds is 4. The van der Waals surface area contributed by atoms with Crippen LogP contribution in [-0.2, 0) is 0 Å². The predicted octanol–water partition coefficient (Wildman–Crippen LogP) is 4.02. The first-order valence-corrected chi connectivity index (χ1v) is 6.04. The monoisotopic (exact) mass is 273 g/mol. The molecule has 84 valence electrons. The molecular weight excluding hydrogens is 257 g/mol. The van der Waals surface area contributed by atoms with Crippen molar-refractivity contribution in [3.05, 3.63) is 34.1 Å². The second-order valence-corrected chi connectivity index (χ2v) is 4.94. The molecule has 0 aliphatic carbocycles. The first-order valence-electron chi connectivity index (χ1n) is 5.25. The van der Waals surface area contributed by atoms with Crippen LogP contribution in [0.25, 0.3) is 0 Å². The van der Waals surface area contributed by atoms with E-state index in [1.165, 1.54) is 6.07 Å². The van der Waals surface area contributed by atoms with Gasteiger partial charge in [0, 0.05) is 16.1 Å². The Kier molecular flexibility index (Phi) is 4.74. The lowest BCUT2D eigenvalue weighted by Crippen LogP contribution is -2.15. The van der Waals surface area contributed by atoms with Crippen molar-refractivity contribution in [2.75, 3.05) is 0 Å². The van der Waals surface area contributed by atoms with Crippen LogP contribution in [0.2, 0.25) is 0 Å². The van der Waals surface area contributed by atoms with Crippen LogP contribution in [0.5, 0.6) is 0 Å². The Labute approximate surface area is 99.0 Å². The molecule has 2 unspecified atom stereocenters. The third-order valence-corrected chi connectivity index (χ3v) is 3.20. The van der Waals surface area contributed by atoms with E-state index in [0.717, 1.165) is 17.3 Å². The fourth-order valence-corrected chi connectivity index (χ4v) is 1.90. The maximum Gasteiger partial charge on any atom is 0.128 e. The number of nitrogens with two attached hydrogens (primary N) is 1. The van der Waals surface area contributed by atoms with Crippen LogP contribution in [0.4, 0.5) is 4.39 Å². The van der Waals surface area contributed by atoms with Gasteiger partial charge in [0.25, 0.3) is 0 Å². The Hall–Kier alpha value is -0.410. The van der Waals surface area contributed by atoms with Crippen molar-refractivity contribution >= 4 is 15.9 Å². The molecule has 0 spiro atoms. The Morgan fingerprint density at radius 3 is 2.73 bits per heavy atom. The topological polar surface area (TPSA) is 26.0 Å². The highest BCUT2D eigenvalue weighted by Gasteiger charge is 2.14. The molecule has 0 saturated carbocycles. The summed E-state index contributed by atoms with van der Waals surface area (Å²) in [5.74, 6) is 0.312. The maximum atomic E-state index is 13.5. The van der Waals surface area contributed by atoms with E-state index in [4.69, 9.17) is 5.73 Å². The molecule has 1 nitrogen and oxygen atoms in total. The van der Waals surface area contributed by atoms with Gasteiger partial charge in [-0.3, -0.25) is 0 Å². The molecule has 0 fully saturated rings. The van der Waals surface area contributed by atoms with E-state index in [9.17, 15) is 4.39 Å². The van der Waals surface area contributed by atoms with Crippen molar-refractivity contribution < 1.29 is 4.39 Å². The zero-order valence-corrected chi connectivity index (χ0v) is 10.7. The summed E-state index contributed by atoms with van der Waals surface area (Å²) >= 11 is 3.33. The average molecular weight is 274 g/mol. The third-order valence-electron chi connectivity index (χ3n) is 2.71. The van der Waals surface area contributed by atoms with Gasteiger partial charge in [-0.1, -0.05) is 36.2 Å². The first-order chi connectivity index (χ1) is 7.04. The molecule has 1 aromatic rings. The molecule has 1 aromatic carbocycles. The summed E-state index contributed by atoms with van der Waals surface area (Å²) in [7, 11) is 0. The van der Waals surface area contributed by atoms with Gasteiger partial charge >= 0.3 is 0 Å². The zero-order valence-electron chi connectivity index (χ0n) is 9.13. The highest BCUT2D eigenvalue weighted by atomic mass is 79.9. The lowest BCUT2D eigenvalue weighted by atomic mass is 9.95. The number of hydrogen-bond donors (Lipinski definition) is 1. The molecule has 0 amide bonds. The van der Waals surface area contributed by atoms with Crippen LogP contribution in [-0.4, -0.2) is 0 Å². The fourth-order valence-electron chi connectivity index (χ4n) is 1.53. The minimum absolute atomic E-state index is 0.211. The summed E-state index contributed by atoms with van der Waals surface area (Å²) in [6.07, 6.45) is 1.90. The quantitative estimate of drug-likeness (QED) is 0.881. The molecule has 0 aliphatic rings. The highest BCUT2D eigenvalue weighted by molar-refractivity contribution is 9.10. The molecule has 0 aromatic heterocycles. The van der Waals surface area contributed by atoms with Gasteiger partial charge in [0.15, 0.2) is 0 Å². The molecule has 1 rings (SSSR count). The zero-order chi connectivity index (χ0) is 11.4. The van der Waals surface area contributed by atoms with Gasteiger partial charge in [-0.25, -0.2) is 4.39 Å². The van der Waals surface area contributed by atoms with Crippen LogP contribution in [0.15, 0.2) is 22.7 Å². The molecule has 0 saturated heterocycles. The first kappa shape index (κ1) is 12.7. The summed E-state index contributed by atoms with van der Waals surface area (Å²) in [4.78, 5) is 0. The Morgan fingerprint density at radius 1 is 1.47 bits per heavy atom. The molecule has 2 atom stereocenters. The Morgan fingerprint density at radius 2 is 2.13 bits per heavy atom. The minimum atomic E-state index is -0.214. The summed E-state index contributed by atoms with van der Waals surface area (Å²) in [5, 5.41) is 0. The van der Waals surface area contributed by atoms with Crippen LogP contribution in [0, 0.1) is 11.7 Å². The Balaban J connectivity index is 2.80. The van der Waals surface area contributed by atoms with Gasteiger partial charge < -0.3 is 5.73 Å². The number of benzene rings is 1. The second-order valence-electron chi connectivity index (χ2n) is 4.02. The smallest absolute Gasteiger partial charge is 0.128 e. The maximum absolute atomic E-state index is 13.5. The van der Waals surface area contributed by atoms with Crippen molar-refractivity contribution in [3.8, 4) is 0 Å². The summed E-state index contributed by atoms with van der Waals surface area (Å²) in [6, 6.07) is 4.70. The molecule has 0 aliphatic heterocycles. The van der Waals surface area contributed by atoms with E-state index in [1.807, 2.05) is 0 Å². The van der Waals surface area contributed by atoms with E-state index >= 15 is 0 Å². The minimum Gasteiger partial charge on any atom is -0.324 e. The van der Waals surface area contributed by atoms with Crippen LogP contribution in [0.1, 0.15) is 38.3 Å². The molecule has 3 heteroatoms. The highest BCUT2D eigenvalue weighted by Crippen LogP contribution is 2.25. The van der Waals surface area contributed by atoms with E-state index in [2.05, 4.69) is 29.8 Å². The average Bonchev–Trinajstić information content (AvgIpc) is 2.21. The SMILES string of the molecule is CCC(C)CC(N)c1cc(Br)ccc1F. The van der Waals surface area contributed by atoms with Crippen LogP contribution in [0.3, 0.4) is 0 Å². The Bertz CT molecular complexity index is 327. The second kappa shape index (κ2) is 5.61. The standard InChI is InChI=1S/C12H17BrFN/c1-3-8(2)6-12(15)10-7-9(13)4-5-11(10)14/h4-5,7-8,12H,3,6,15H2,1-2H3. The van der Waals surface area contributed by atoms with Gasteiger partial charge in [0.05, 0.1) is 0 Å². The summed E-state index contributed by atoms with van der Waals surface area (Å²) < 4.78 is 14.3. The largest absolute Gasteiger partial charge is 0.324 e. The molecule has 0 heterocycles. The van der Waals surface area contributed by atoms with Crippen LogP contribution >= 0.6 is 15.9 Å². The van der Waals surface area contributed by atoms with E-state index < -0.39 is 0 Å². The van der Waals surface area contributed by atoms with Crippen LogP contribution < -0.4 is 5.73 Å². The normalized spacial score (nSPS) is 15.0. The van der Waals surface area contributed by atoms with Gasteiger partial charge in [-0.05, 0) is 30.5 Å². The molecular formula is C12H17BrFN. The molecule has 2 N–H and O–H groups in total. The molecule has 15 heavy (non-hydrogen) atoms.